The second kappa shape index (κ2) is 7.23. The zero-order valence-corrected chi connectivity index (χ0v) is 14.7. The largest absolute Gasteiger partial charge is 0.418 e. The van der Waals surface area contributed by atoms with Gasteiger partial charge in [-0.05, 0) is 44.9 Å². The summed E-state index contributed by atoms with van der Waals surface area (Å²) in [4.78, 5) is 24.8. The predicted molar refractivity (Wildman–Crippen MR) is 89.3 cm³/mol. The van der Waals surface area contributed by atoms with Crippen LogP contribution in [-0.4, -0.2) is 17.9 Å². The van der Waals surface area contributed by atoms with Crippen LogP contribution in [0.15, 0.2) is 18.2 Å². The topological polar surface area (TPSA) is 58.2 Å². The first-order valence-electron chi connectivity index (χ1n) is 8.01. The van der Waals surface area contributed by atoms with E-state index in [9.17, 15) is 22.8 Å². The van der Waals surface area contributed by atoms with E-state index < -0.39 is 34.7 Å². The second-order valence-corrected chi connectivity index (χ2v) is 7.16. The van der Waals surface area contributed by atoms with Gasteiger partial charge < -0.3 is 10.6 Å². The van der Waals surface area contributed by atoms with Gasteiger partial charge >= 0.3 is 6.18 Å². The Bertz CT molecular complexity index is 668. The molecule has 0 atom stereocenters. The standard InChI is InChI=1S/C17H20ClF3N2O2/c1-16(2,14(24)22-11-5-3-4-6-11)15(25)23-13-8-7-10(18)9-12(13)17(19,20)21/h7-9,11H,3-6H2,1-2H3,(H,22,24)(H,23,25). The highest BCUT2D eigenvalue weighted by Crippen LogP contribution is 2.37. The van der Waals surface area contributed by atoms with Crippen LogP contribution in [0.4, 0.5) is 18.9 Å². The Morgan fingerprint density at radius 3 is 2.28 bits per heavy atom. The van der Waals surface area contributed by atoms with Gasteiger partial charge in [-0.3, -0.25) is 9.59 Å². The van der Waals surface area contributed by atoms with Crippen molar-refractivity contribution < 1.29 is 22.8 Å². The van der Waals surface area contributed by atoms with Crippen LogP contribution in [0.2, 0.25) is 5.02 Å². The van der Waals surface area contributed by atoms with Gasteiger partial charge in [-0.15, -0.1) is 0 Å². The lowest BCUT2D eigenvalue weighted by atomic mass is 9.90. The summed E-state index contributed by atoms with van der Waals surface area (Å²) in [6.07, 6.45) is -0.962. The minimum atomic E-state index is -4.68. The molecule has 0 unspecified atom stereocenters. The fourth-order valence-electron chi connectivity index (χ4n) is 2.68. The monoisotopic (exact) mass is 376 g/mol. The van der Waals surface area contributed by atoms with Crippen molar-refractivity contribution in [2.45, 2.75) is 51.7 Å². The molecule has 2 amide bonds. The van der Waals surface area contributed by atoms with E-state index in [1.165, 1.54) is 19.9 Å². The summed E-state index contributed by atoms with van der Waals surface area (Å²) in [5.74, 6) is -1.31. The van der Waals surface area contributed by atoms with E-state index in [1.54, 1.807) is 0 Å². The molecule has 1 aliphatic carbocycles. The summed E-state index contributed by atoms with van der Waals surface area (Å²) in [6.45, 7) is 2.77. The highest BCUT2D eigenvalue weighted by Gasteiger charge is 2.39. The van der Waals surface area contributed by atoms with Crippen molar-refractivity contribution in [2.75, 3.05) is 5.32 Å². The zero-order valence-electron chi connectivity index (χ0n) is 14.0. The molecule has 1 saturated carbocycles. The summed E-state index contributed by atoms with van der Waals surface area (Å²) >= 11 is 5.62. The van der Waals surface area contributed by atoms with Crippen LogP contribution in [0.3, 0.4) is 0 Å². The summed E-state index contributed by atoms with van der Waals surface area (Å²) in [5.41, 5.74) is -2.99. The van der Waals surface area contributed by atoms with E-state index in [2.05, 4.69) is 10.6 Å². The molecule has 0 aromatic heterocycles. The minimum absolute atomic E-state index is 0.0147. The third kappa shape index (κ3) is 4.66. The number of rotatable bonds is 4. The molecular weight excluding hydrogens is 357 g/mol. The molecular formula is C17H20ClF3N2O2. The number of nitrogens with one attached hydrogen (secondary N) is 2. The normalized spacial score (nSPS) is 15.9. The Labute approximate surface area is 149 Å². The molecule has 8 heteroatoms. The van der Waals surface area contributed by atoms with Gasteiger partial charge in [-0.2, -0.15) is 13.2 Å². The number of anilines is 1. The van der Waals surface area contributed by atoms with Crippen LogP contribution < -0.4 is 10.6 Å². The van der Waals surface area contributed by atoms with Crippen LogP contribution in [0.25, 0.3) is 0 Å². The van der Waals surface area contributed by atoms with Gasteiger partial charge in [-0.25, -0.2) is 0 Å². The maximum atomic E-state index is 13.1. The first-order chi connectivity index (χ1) is 11.5. The zero-order chi connectivity index (χ0) is 18.8. The number of amides is 2. The van der Waals surface area contributed by atoms with Gasteiger partial charge in [0.05, 0.1) is 11.3 Å². The molecule has 0 heterocycles. The Kier molecular flexibility index (Phi) is 5.66. The Morgan fingerprint density at radius 2 is 1.72 bits per heavy atom. The minimum Gasteiger partial charge on any atom is -0.352 e. The van der Waals surface area contributed by atoms with Crippen molar-refractivity contribution in [1.82, 2.24) is 5.32 Å². The van der Waals surface area contributed by atoms with E-state index in [0.717, 1.165) is 37.8 Å². The average Bonchev–Trinajstić information content (AvgIpc) is 3.00. The fraction of sp³-hybridized carbons (Fsp3) is 0.529. The van der Waals surface area contributed by atoms with E-state index in [4.69, 9.17) is 11.6 Å². The number of alkyl halides is 3. The molecule has 1 aliphatic rings. The molecule has 0 radical (unpaired) electrons. The van der Waals surface area contributed by atoms with Crippen LogP contribution in [0.1, 0.15) is 45.1 Å². The number of hydrogen-bond donors (Lipinski definition) is 2. The van der Waals surface area contributed by atoms with E-state index in [1.807, 2.05) is 0 Å². The lowest BCUT2D eigenvalue weighted by molar-refractivity contribution is -0.138. The summed E-state index contributed by atoms with van der Waals surface area (Å²) < 4.78 is 39.3. The third-order valence-corrected chi connectivity index (χ3v) is 4.60. The SMILES string of the molecule is CC(C)(C(=O)Nc1ccc(Cl)cc1C(F)(F)F)C(=O)NC1CCCC1. The average molecular weight is 377 g/mol. The lowest BCUT2D eigenvalue weighted by Crippen LogP contribution is -2.48. The molecule has 25 heavy (non-hydrogen) atoms. The van der Waals surface area contributed by atoms with Crippen LogP contribution in [0, 0.1) is 5.41 Å². The van der Waals surface area contributed by atoms with Crippen molar-refractivity contribution in [3.8, 4) is 0 Å². The summed E-state index contributed by atoms with van der Waals surface area (Å²) in [7, 11) is 0. The Hall–Kier alpha value is -1.76. The molecule has 0 spiro atoms. The summed E-state index contributed by atoms with van der Waals surface area (Å²) in [6, 6.07) is 3.08. The maximum absolute atomic E-state index is 13.1. The molecule has 2 N–H and O–H groups in total. The van der Waals surface area contributed by atoms with Gasteiger partial charge in [0.15, 0.2) is 0 Å². The number of halogens is 4. The third-order valence-electron chi connectivity index (χ3n) is 4.36. The Balaban J connectivity index is 2.16. The van der Waals surface area contributed by atoms with Crippen LogP contribution in [-0.2, 0) is 15.8 Å². The van der Waals surface area contributed by atoms with Crippen molar-refractivity contribution in [1.29, 1.82) is 0 Å². The van der Waals surface area contributed by atoms with Gasteiger partial charge in [0, 0.05) is 11.1 Å². The number of carbonyl (C=O) groups is 2. The predicted octanol–water partition coefficient (Wildman–Crippen LogP) is 4.38. The molecule has 4 nitrogen and oxygen atoms in total. The van der Waals surface area contributed by atoms with E-state index in [0.29, 0.717) is 0 Å². The first kappa shape index (κ1) is 19.6. The molecule has 138 valence electrons. The van der Waals surface area contributed by atoms with Crippen LogP contribution in [0.5, 0.6) is 0 Å². The molecule has 1 aromatic rings. The van der Waals surface area contributed by atoms with Crippen molar-refractivity contribution in [3.05, 3.63) is 28.8 Å². The highest BCUT2D eigenvalue weighted by molar-refractivity contribution is 6.30. The molecule has 0 aliphatic heterocycles. The van der Waals surface area contributed by atoms with E-state index in [-0.39, 0.29) is 11.1 Å². The number of carbonyl (C=O) groups excluding carboxylic acids is 2. The summed E-state index contributed by atoms with van der Waals surface area (Å²) in [5, 5.41) is 4.91. The van der Waals surface area contributed by atoms with Crippen molar-refractivity contribution in [2.24, 2.45) is 5.41 Å². The van der Waals surface area contributed by atoms with Crippen molar-refractivity contribution >= 4 is 29.1 Å². The highest BCUT2D eigenvalue weighted by atomic mass is 35.5. The molecule has 0 bridgehead atoms. The fourth-order valence-corrected chi connectivity index (χ4v) is 2.85. The lowest BCUT2D eigenvalue weighted by Gasteiger charge is -2.25. The molecule has 2 rings (SSSR count). The van der Waals surface area contributed by atoms with Gasteiger partial charge in [0.2, 0.25) is 11.8 Å². The van der Waals surface area contributed by atoms with Crippen molar-refractivity contribution in [3.63, 3.8) is 0 Å². The molecule has 0 saturated heterocycles. The molecule has 1 aromatic carbocycles. The van der Waals surface area contributed by atoms with Gasteiger partial charge in [-0.1, -0.05) is 24.4 Å². The maximum Gasteiger partial charge on any atom is 0.418 e. The molecule has 1 fully saturated rings. The smallest absolute Gasteiger partial charge is 0.352 e. The van der Waals surface area contributed by atoms with Gasteiger partial charge in [0.1, 0.15) is 5.41 Å². The first-order valence-corrected chi connectivity index (χ1v) is 8.39. The number of hydrogen-bond acceptors (Lipinski definition) is 2. The number of benzene rings is 1. The Morgan fingerprint density at radius 1 is 1.12 bits per heavy atom. The van der Waals surface area contributed by atoms with E-state index >= 15 is 0 Å². The second-order valence-electron chi connectivity index (χ2n) is 6.72. The van der Waals surface area contributed by atoms with Crippen LogP contribution >= 0.6 is 11.6 Å². The van der Waals surface area contributed by atoms with Gasteiger partial charge in [0.25, 0.3) is 0 Å². The quantitative estimate of drug-likeness (QED) is 0.766.